The van der Waals surface area contributed by atoms with Gasteiger partial charge >= 0.3 is 0 Å². The lowest BCUT2D eigenvalue weighted by Gasteiger charge is -2.25. The number of carbonyl (C=O) groups excluding carboxylic acids is 1. The molecule has 1 amide bonds. The Bertz CT molecular complexity index is 770. The van der Waals surface area contributed by atoms with Crippen LogP contribution in [0.15, 0.2) is 59.7 Å². The molecule has 1 aliphatic heterocycles. The van der Waals surface area contributed by atoms with E-state index in [0.29, 0.717) is 13.0 Å². The van der Waals surface area contributed by atoms with Crippen LogP contribution in [0.2, 0.25) is 0 Å². The van der Waals surface area contributed by atoms with Crippen LogP contribution in [0.25, 0.3) is 0 Å². The molecule has 26 heavy (non-hydrogen) atoms. The summed E-state index contributed by atoms with van der Waals surface area (Å²) < 4.78 is 13.3. The fraction of sp³-hybridized carbons (Fsp3) is 0.333. The highest BCUT2D eigenvalue weighted by molar-refractivity contribution is 6.03. The predicted molar refractivity (Wildman–Crippen MR) is 101 cm³/mol. The van der Waals surface area contributed by atoms with Gasteiger partial charge in [0.25, 0.3) is 5.91 Å². The highest BCUT2D eigenvalue weighted by Crippen LogP contribution is 2.33. The second-order valence-electron chi connectivity index (χ2n) is 6.38. The molecular formula is C21H24FN3O. The standard InChI is InChI=1S/C21H24FN3O/c1-3-24(4-2)15-21(26)25-20(17-10-12-18(22)13-11-17)14-19(23-25)16-8-6-5-7-9-16/h5-13,20H,3-4,14-15H2,1-2H3/t20-/m0/s1. The summed E-state index contributed by atoms with van der Waals surface area (Å²) in [7, 11) is 0. The Balaban J connectivity index is 1.89. The molecule has 0 radical (unpaired) electrons. The zero-order valence-corrected chi connectivity index (χ0v) is 15.2. The Labute approximate surface area is 153 Å². The third-order valence-corrected chi connectivity index (χ3v) is 4.78. The molecule has 0 bridgehead atoms. The number of hydrogen-bond donors (Lipinski definition) is 0. The lowest BCUT2D eigenvalue weighted by Crippen LogP contribution is -2.38. The summed E-state index contributed by atoms with van der Waals surface area (Å²) in [4.78, 5) is 15.0. The van der Waals surface area contributed by atoms with Gasteiger partial charge in [0.05, 0.1) is 18.3 Å². The zero-order valence-electron chi connectivity index (χ0n) is 15.2. The van der Waals surface area contributed by atoms with E-state index in [0.717, 1.165) is 29.9 Å². The van der Waals surface area contributed by atoms with E-state index in [4.69, 9.17) is 0 Å². The van der Waals surface area contributed by atoms with Gasteiger partial charge in [0, 0.05) is 6.42 Å². The van der Waals surface area contributed by atoms with E-state index >= 15 is 0 Å². The van der Waals surface area contributed by atoms with Gasteiger partial charge in [0.1, 0.15) is 5.82 Å². The fourth-order valence-corrected chi connectivity index (χ4v) is 3.20. The molecule has 0 saturated carbocycles. The summed E-state index contributed by atoms with van der Waals surface area (Å²) in [5.41, 5.74) is 2.79. The second kappa shape index (κ2) is 8.23. The Hall–Kier alpha value is -2.53. The van der Waals surface area contributed by atoms with Crippen molar-refractivity contribution in [2.75, 3.05) is 19.6 Å². The van der Waals surface area contributed by atoms with Crippen LogP contribution < -0.4 is 0 Å². The molecular weight excluding hydrogens is 329 g/mol. The molecule has 4 nitrogen and oxygen atoms in total. The van der Waals surface area contributed by atoms with E-state index < -0.39 is 0 Å². The molecule has 0 N–H and O–H groups in total. The lowest BCUT2D eigenvalue weighted by atomic mass is 9.98. The van der Waals surface area contributed by atoms with Gasteiger partial charge in [0.2, 0.25) is 0 Å². The average molecular weight is 353 g/mol. The van der Waals surface area contributed by atoms with Crippen LogP contribution in [0, 0.1) is 5.82 Å². The van der Waals surface area contributed by atoms with Crippen molar-refractivity contribution < 1.29 is 9.18 Å². The molecule has 0 saturated heterocycles. The van der Waals surface area contributed by atoms with Gasteiger partial charge in [0.15, 0.2) is 0 Å². The molecule has 0 fully saturated rings. The average Bonchev–Trinajstić information content (AvgIpc) is 3.13. The summed E-state index contributed by atoms with van der Waals surface area (Å²) in [5.74, 6) is -0.314. The van der Waals surface area contributed by atoms with Gasteiger partial charge in [-0.3, -0.25) is 9.69 Å². The second-order valence-corrected chi connectivity index (χ2v) is 6.38. The summed E-state index contributed by atoms with van der Waals surface area (Å²) in [6, 6.07) is 16.0. The highest BCUT2D eigenvalue weighted by atomic mass is 19.1. The van der Waals surface area contributed by atoms with Gasteiger partial charge in [-0.2, -0.15) is 5.10 Å². The van der Waals surface area contributed by atoms with Crippen LogP contribution in [0.4, 0.5) is 4.39 Å². The number of likely N-dealkylation sites (N-methyl/N-ethyl adjacent to an activating group) is 1. The number of benzene rings is 2. The summed E-state index contributed by atoms with van der Waals surface area (Å²) >= 11 is 0. The number of hydrogen-bond acceptors (Lipinski definition) is 3. The first-order valence-corrected chi connectivity index (χ1v) is 9.05. The van der Waals surface area contributed by atoms with Gasteiger partial charge in [-0.1, -0.05) is 56.3 Å². The van der Waals surface area contributed by atoms with Crippen molar-refractivity contribution in [3.63, 3.8) is 0 Å². The van der Waals surface area contributed by atoms with Gasteiger partial charge in [-0.05, 0) is 36.3 Å². The summed E-state index contributed by atoms with van der Waals surface area (Å²) in [5, 5.41) is 6.22. The molecule has 136 valence electrons. The monoisotopic (exact) mass is 353 g/mol. The van der Waals surface area contributed by atoms with Crippen molar-refractivity contribution in [2.45, 2.75) is 26.3 Å². The van der Waals surface area contributed by atoms with E-state index in [1.807, 2.05) is 44.2 Å². The number of halogens is 1. The summed E-state index contributed by atoms with van der Waals surface area (Å²) in [6.07, 6.45) is 0.625. The van der Waals surface area contributed by atoms with Crippen LogP contribution in [0.3, 0.4) is 0 Å². The highest BCUT2D eigenvalue weighted by Gasteiger charge is 2.33. The Morgan fingerprint density at radius 2 is 1.77 bits per heavy atom. The minimum absolute atomic E-state index is 0.0334. The van der Waals surface area contributed by atoms with Crippen LogP contribution in [-0.4, -0.2) is 41.2 Å². The largest absolute Gasteiger partial charge is 0.295 e. The Morgan fingerprint density at radius 3 is 2.38 bits per heavy atom. The number of nitrogens with zero attached hydrogens (tertiary/aromatic N) is 3. The molecule has 2 aromatic carbocycles. The van der Waals surface area contributed by atoms with E-state index in [-0.39, 0.29) is 17.8 Å². The molecule has 1 heterocycles. The number of rotatable bonds is 6. The molecule has 1 aliphatic rings. The van der Waals surface area contributed by atoms with Crippen molar-refractivity contribution in [1.29, 1.82) is 0 Å². The Kier molecular flexibility index (Phi) is 5.78. The normalized spacial score (nSPS) is 16.8. The number of amides is 1. The molecule has 5 heteroatoms. The van der Waals surface area contributed by atoms with Crippen molar-refractivity contribution in [1.82, 2.24) is 9.91 Å². The van der Waals surface area contributed by atoms with Gasteiger partial charge in [-0.25, -0.2) is 9.40 Å². The van der Waals surface area contributed by atoms with Crippen molar-refractivity contribution in [3.05, 3.63) is 71.5 Å². The third-order valence-electron chi connectivity index (χ3n) is 4.78. The molecule has 0 spiro atoms. The lowest BCUT2D eigenvalue weighted by molar-refractivity contribution is -0.134. The van der Waals surface area contributed by atoms with Crippen LogP contribution in [-0.2, 0) is 4.79 Å². The maximum Gasteiger partial charge on any atom is 0.257 e. The van der Waals surface area contributed by atoms with Crippen LogP contribution in [0.5, 0.6) is 0 Å². The van der Waals surface area contributed by atoms with E-state index in [1.165, 1.54) is 12.1 Å². The van der Waals surface area contributed by atoms with Crippen molar-refractivity contribution in [2.24, 2.45) is 5.10 Å². The first-order valence-electron chi connectivity index (χ1n) is 9.05. The molecule has 0 unspecified atom stereocenters. The van der Waals surface area contributed by atoms with Crippen LogP contribution in [0.1, 0.15) is 37.4 Å². The van der Waals surface area contributed by atoms with Gasteiger partial charge in [-0.15, -0.1) is 0 Å². The fourth-order valence-electron chi connectivity index (χ4n) is 3.20. The topological polar surface area (TPSA) is 35.9 Å². The first-order chi connectivity index (χ1) is 12.6. The minimum atomic E-state index is -0.281. The minimum Gasteiger partial charge on any atom is -0.295 e. The first kappa shape index (κ1) is 18.3. The van der Waals surface area contributed by atoms with E-state index in [9.17, 15) is 9.18 Å². The smallest absolute Gasteiger partial charge is 0.257 e. The maximum absolute atomic E-state index is 13.3. The molecule has 0 aromatic heterocycles. The maximum atomic E-state index is 13.3. The van der Waals surface area contributed by atoms with Crippen molar-refractivity contribution in [3.8, 4) is 0 Å². The number of hydrazone groups is 1. The molecule has 2 aromatic rings. The molecule has 1 atom stereocenters. The third kappa shape index (κ3) is 3.99. The van der Waals surface area contributed by atoms with Crippen molar-refractivity contribution >= 4 is 11.6 Å². The molecule has 0 aliphatic carbocycles. The predicted octanol–water partition coefficient (Wildman–Crippen LogP) is 3.85. The van der Waals surface area contributed by atoms with E-state index in [1.54, 1.807) is 17.1 Å². The quantitative estimate of drug-likeness (QED) is 0.791. The molecule has 3 rings (SSSR count). The summed E-state index contributed by atoms with van der Waals surface area (Å²) in [6.45, 7) is 6.03. The Morgan fingerprint density at radius 1 is 1.12 bits per heavy atom. The zero-order chi connectivity index (χ0) is 18.5. The van der Waals surface area contributed by atoms with Crippen LogP contribution >= 0.6 is 0 Å². The van der Waals surface area contributed by atoms with E-state index in [2.05, 4.69) is 10.0 Å². The SMILES string of the molecule is CCN(CC)CC(=O)N1N=C(c2ccccc2)C[C@H]1c1ccc(F)cc1. The number of carbonyl (C=O) groups is 1. The van der Waals surface area contributed by atoms with Gasteiger partial charge < -0.3 is 0 Å².